The van der Waals surface area contributed by atoms with Crippen LogP contribution in [0.1, 0.15) is 11.1 Å². The summed E-state index contributed by atoms with van der Waals surface area (Å²) in [5, 5.41) is 12.8. The zero-order valence-electron chi connectivity index (χ0n) is 10.1. The van der Waals surface area contributed by atoms with Crippen molar-refractivity contribution in [2.75, 3.05) is 6.54 Å². The molecule has 0 saturated heterocycles. The van der Waals surface area contributed by atoms with Crippen LogP contribution in [0, 0.1) is 5.82 Å². The highest BCUT2D eigenvalue weighted by atomic mass is 19.1. The van der Waals surface area contributed by atoms with E-state index in [2.05, 4.69) is 5.32 Å². The van der Waals surface area contributed by atoms with E-state index >= 15 is 0 Å². The molecule has 0 aliphatic rings. The molecule has 2 aromatic rings. The molecule has 0 radical (unpaired) electrons. The number of phenols is 1. The Morgan fingerprint density at radius 3 is 2.44 bits per heavy atom. The van der Waals surface area contributed by atoms with Gasteiger partial charge < -0.3 is 10.4 Å². The van der Waals surface area contributed by atoms with Gasteiger partial charge >= 0.3 is 0 Å². The van der Waals surface area contributed by atoms with E-state index in [0.29, 0.717) is 12.3 Å². The van der Waals surface area contributed by atoms with Crippen LogP contribution >= 0.6 is 0 Å². The zero-order chi connectivity index (χ0) is 12.8. The number of rotatable bonds is 5. The van der Waals surface area contributed by atoms with Crippen molar-refractivity contribution >= 4 is 0 Å². The van der Waals surface area contributed by atoms with Crippen LogP contribution in [0.4, 0.5) is 4.39 Å². The third-order valence-corrected chi connectivity index (χ3v) is 2.81. The molecule has 0 amide bonds. The molecule has 0 saturated carbocycles. The molecule has 2 N–H and O–H groups in total. The van der Waals surface area contributed by atoms with E-state index in [1.54, 1.807) is 24.3 Å². The van der Waals surface area contributed by atoms with Crippen molar-refractivity contribution in [3.05, 3.63) is 65.5 Å². The molecule has 94 valence electrons. The Bertz CT molecular complexity index is 496. The van der Waals surface area contributed by atoms with E-state index in [-0.39, 0.29) is 5.82 Å². The van der Waals surface area contributed by atoms with Crippen LogP contribution in [0.2, 0.25) is 0 Å². The summed E-state index contributed by atoms with van der Waals surface area (Å²) in [5.41, 5.74) is 1.98. The Morgan fingerprint density at radius 1 is 1.00 bits per heavy atom. The second kappa shape index (κ2) is 6.17. The number of aromatic hydroxyl groups is 1. The average molecular weight is 245 g/mol. The van der Waals surface area contributed by atoms with E-state index in [1.807, 2.05) is 12.1 Å². The molecule has 0 aliphatic carbocycles. The summed E-state index contributed by atoms with van der Waals surface area (Å²) >= 11 is 0. The van der Waals surface area contributed by atoms with Gasteiger partial charge in [0, 0.05) is 12.1 Å². The molecule has 0 fully saturated rings. The fourth-order valence-electron chi connectivity index (χ4n) is 1.77. The molecular weight excluding hydrogens is 229 g/mol. The van der Waals surface area contributed by atoms with E-state index < -0.39 is 0 Å². The summed E-state index contributed by atoms with van der Waals surface area (Å²) < 4.78 is 12.7. The van der Waals surface area contributed by atoms with Gasteiger partial charge in [0.05, 0.1) is 0 Å². The molecule has 18 heavy (non-hydrogen) atoms. The van der Waals surface area contributed by atoms with Crippen LogP contribution in [0.25, 0.3) is 0 Å². The van der Waals surface area contributed by atoms with Crippen molar-refractivity contribution in [1.29, 1.82) is 0 Å². The van der Waals surface area contributed by atoms with Crippen molar-refractivity contribution in [3.63, 3.8) is 0 Å². The lowest BCUT2D eigenvalue weighted by Crippen LogP contribution is -2.16. The molecule has 0 aromatic heterocycles. The Kier molecular flexibility index (Phi) is 4.31. The van der Waals surface area contributed by atoms with Crippen LogP contribution in [0.15, 0.2) is 48.5 Å². The van der Waals surface area contributed by atoms with Crippen LogP contribution in [-0.4, -0.2) is 11.7 Å². The molecular formula is C15H16FNO. The second-order valence-electron chi connectivity index (χ2n) is 4.18. The third kappa shape index (κ3) is 3.57. The van der Waals surface area contributed by atoms with Gasteiger partial charge in [0.15, 0.2) is 0 Å². The fraction of sp³-hybridized carbons (Fsp3) is 0.200. The first-order chi connectivity index (χ1) is 8.75. The van der Waals surface area contributed by atoms with E-state index in [1.165, 1.54) is 12.1 Å². The smallest absolute Gasteiger partial charge is 0.123 e. The maximum absolute atomic E-state index is 12.7. The summed E-state index contributed by atoms with van der Waals surface area (Å²) in [6.45, 7) is 1.42. The van der Waals surface area contributed by atoms with Gasteiger partial charge in [-0.15, -0.1) is 0 Å². The maximum atomic E-state index is 12.7. The number of benzene rings is 2. The van der Waals surface area contributed by atoms with Gasteiger partial charge in [-0.2, -0.15) is 0 Å². The Morgan fingerprint density at radius 2 is 1.72 bits per heavy atom. The number of halogens is 1. The average Bonchev–Trinajstić information content (AvgIpc) is 2.39. The first-order valence-corrected chi connectivity index (χ1v) is 5.98. The summed E-state index contributed by atoms with van der Waals surface area (Å²) in [4.78, 5) is 0. The largest absolute Gasteiger partial charge is 0.508 e. The summed E-state index contributed by atoms with van der Waals surface area (Å²) in [6, 6.07) is 13.8. The summed E-state index contributed by atoms with van der Waals surface area (Å²) in [5.74, 6) is 0.104. The van der Waals surface area contributed by atoms with Crippen molar-refractivity contribution in [3.8, 4) is 5.75 Å². The van der Waals surface area contributed by atoms with Gasteiger partial charge in [0.25, 0.3) is 0 Å². The Labute approximate surface area is 106 Å². The molecule has 2 aromatic carbocycles. The first kappa shape index (κ1) is 12.6. The second-order valence-corrected chi connectivity index (χ2v) is 4.18. The highest BCUT2D eigenvalue weighted by Gasteiger charge is 1.99. The normalized spacial score (nSPS) is 10.5. The molecule has 0 spiro atoms. The molecule has 0 unspecified atom stereocenters. The number of phenolic OH excluding ortho intramolecular Hbond substituents is 1. The fourth-order valence-corrected chi connectivity index (χ4v) is 1.77. The van der Waals surface area contributed by atoms with E-state index in [0.717, 1.165) is 24.1 Å². The standard InChI is InChI=1S/C15H16FNO/c16-14-7-5-12(6-8-14)9-10-17-11-13-3-1-2-4-15(13)18/h1-8,17-18H,9-11H2. The topological polar surface area (TPSA) is 32.3 Å². The van der Waals surface area contributed by atoms with Crippen molar-refractivity contribution in [2.24, 2.45) is 0 Å². The molecule has 0 heterocycles. The molecule has 2 nitrogen and oxygen atoms in total. The number of nitrogens with one attached hydrogen (secondary N) is 1. The minimum absolute atomic E-state index is 0.207. The van der Waals surface area contributed by atoms with Gasteiger partial charge in [0.1, 0.15) is 11.6 Å². The van der Waals surface area contributed by atoms with Gasteiger partial charge in [-0.1, -0.05) is 30.3 Å². The van der Waals surface area contributed by atoms with Gasteiger partial charge in [-0.25, -0.2) is 4.39 Å². The number of para-hydroxylation sites is 1. The first-order valence-electron chi connectivity index (χ1n) is 5.98. The lowest BCUT2D eigenvalue weighted by Gasteiger charge is -2.06. The van der Waals surface area contributed by atoms with Crippen LogP contribution < -0.4 is 5.32 Å². The minimum atomic E-state index is -0.207. The molecule has 0 bridgehead atoms. The lowest BCUT2D eigenvalue weighted by molar-refractivity contribution is 0.464. The predicted octanol–water partition coefficient (Wildman–Crippen LogP) is 2.86. The van der Waals surface area contributed by atoms with Crippen LogP contribution in [0.5, 0.6) is 5.75 Å². The van der Waals surface area contributed by atoms with Crippen molar-refractivity contribution < 1.29 is 9.50 Å². The van der Waals surface area contributed by atoms with E-state index in [9.17, 15) is 9.50 Å². The molecule has 0 atom stereocenters. The summed E-state index contributed by atoms with van der Waals surface area (Å²) in [7, 11) is 0. The summed E-state index contributed by atoms with van der Waals surface area (Å²) in [6.07, 6.45) is 0.841. The van der Waals surface area contributed by atoms with Crippen LogP contribution in [-0.2, 0) is 13.0 Å². The molecule has 3 heteroatoms. The maximum Gasteiger partial charge on any atom is 0.123 e. The lowest BCUT2D eigenvalue weighted by atomic mass is 10.1. The zero-order valence-corrected chi connectivity index (χ0v) is 10.1. The Balaban J connectivity index is 1.76. The van der Waals surface area contributed by atoms with E-state index in [4.69, 9.17) is 0 Å². The Hall–Kier alpha value is -1.87. The number of hydrogen-bond acceptors (Lipinski definition) is 2. The predicted molar refractivity (Wildman–Crippen MR) is 69.9 cm³/mol. The third-order valence-electron chi connectivity index (χ3n) is 2.81. The minimum Gasteiger partial charge on any atom is -0.508 e. The van der Waals surface area contributed by atoms with Crippen molar-refractivity contribution in [1.82, 2.24) is 5.32 Å². The number of hydrogen-bond donors (Lipinski definition) is 2. The quantitative estimate of drug-likeness (QED) is 0.794. The molecule has 0 aliphatic heterocycles. The van der Waals surface area contributed by atoms with Gasteiger partial charge in [-0.05, 0) is 36.7 Å². The van der Waals surface area contributed by atoms with Crippen molar-refractivity contribution in [2.45, 2.75) is 13.0 Å². The van der Waals surface area contributed by atoms with Gasteiger partial charge in [-0.3, -0.25) is 0 Å². The SMILES string of the molecule is Oc1ccccc1CNCCc1ccc(F)cc1. The molecule has 2 rings (SSSR count). The highest BCUT2D eigenvalue weighted by molar-refractivity contribution is 5.31. The highest BCUT2D eigenvalue weighted by Crippen LogP contribution is 2.14. The van der Waals surface area contributed by atoms with Crippen LogP contribution in [0.3, 0.4) is 0 Å². The van der Waals surface area contributed by atoms with Gasteiger partial charge in [0.2, 0.25) is 0 Å². The monoisotopic (exact) mass is 245 g/mol.